The van der Waals surface area contributed by atoms with E-state index < -0.39 is 0 Å². The van der Waals surface area contributed by atoms with Crippen molar-refractivity contribution >= 4 is 23.1 Å². The zero-order valence-electron chi connectivity index (χ0n) is 16.8. The van der Waals surface area contributed by atoms with Crippen molar-refractivity contribution in [3.05, 3.63) is 106 Å². The Kier molecular flexibility index (Phi) is 4.72. The molecule has 0 aliphatic heterocycles. The third-order valence-electron chi connectivity index (χ3n) is 4.93. The van der Waals surface area contributed by atoms with Crippen LogP contribution in [0, 0.1) is 6.92 Å². The highest BCUT2D eigenvalue weighted by molar-refractivity contribution is 5.79. The summed E-state index contributed by atoms with van der Waals surface area (Å²) in [4.78, 5) is 18.0. The van der Waals surface area contributed by atoms with Crippen molar-refractivity contribution < 1.29 is 4.42 Å². The summed E-state index contributed by atoms with van der Waals surface area (Å²) in [5, 5.41) is 8.77. The molecule has 0 aliphatic carbocycles. The van der Waals surface area contributed by atoms with Gasteiger partial charge in [0.25, 0.3) is 5.56 Å². The number of para-hydroxylation sites is 1. The lowest BCUT2D eigenvalue weighted by atomic mass is 10.1. The Morgan fingerprint density at radius 1 is 0.839 bits per heavy atom. The molecule has 0 amide bonds. The lowest BCUT2D eigenvalue weighted by Crippen LogP contribution is -2.22. The molecule has 31 heavy (non-hydrogen) atoms. The quantitative estimate of drug-likeness (QED) is 0.424. The summed E-state index contributed by atoms with van der Waals surface area (Å²) in [6.45, 7) is 2.01. The average molecular weight is 406 g/mol. The summed E-state index contributed by atoms with van der Waals surface area (Å²) < 4.78 is 7.24. The molecule has 6 heteroatoms. The van der Waals surface area contributed by atoms with Crippen molar-refractivity contribution in [1.82, 2.24) is 19.7 Å². The molecule has 2 aromatic heterocycles. The Morgan fingerprint density at radius 3 is 2.39 bits per heavy atom. The first kappa shape index (κ1) is 18.7. The van der Waals surface area contributed by atoms with Gasteiger partial charge in [0.05, 0.1) is 10.9 Å². The molecule has 0 unspecified atom stereocenters. The van der Waals surface area contributed by atoms with E-state index in [2.05, 4.69) is 15.2 Å². The Labute approximate surface area is 178 Å². The molecule has 0 radical (unpaired) electrons. The van der Waals surface area contributed by atoms with Crippen LogP contribution < -0.4 is 5.56 Å². The molecule has 0 saturated heterocycles. The van der Waals surface area contributed by atoms with Gasteiger partial charge in [0.1, 0.15) is 5.82 Å². The number of rotatable bonds is 4. The smallest absolute Gasteiger partial charge is 0.331 e. The largest absolute Gasteiger partial charge is 0.403 e. The van der Waals surface area contributed by atoms with Crippen LogP contribution in [0.15, 0.2) is 88.1 Å². The van der Waals surface area contributed by atoms with Gasteiger partial charge in [-0.2, -0.15) is 0 Å². The van der Waals surface area contributed by atoms with Crippen molar-refractivity contribution in [2.24, 2.45) is 0 Å². The molecule has 6 nitrogen and oxygen atoms in total. The molecule has 5 rings (SSSR count). The standard InChI is InChI=1S/C25H18N4O2/c1-17-11-14-19(15-12-17)23-27-28-25(31-23)29-22(16-13-18-7-3-2-4-8-18)26-21-10-6-5-9-20(21)24(29)30/h2-16H,1H3/b16-13+. The van der Waals surface area contributed by atoms with Gasteiger partial charge in [-0.3, -0.25) is 4.79 Å². The van der Waals surface area contributed by atoms with Crippen LogP contribution >= 0.6 is 0 Å². The highest BCUT2D eigenvalue weighted by Crippen LogP contribution is 2.21. The van der Waals surface area contributed by atoms with Crippen LogP contribution in [0.5, 0.6) is 0 Å². The van der Waals surface area contributed by atoms with E-state index in [0.29, 0.717) is 22.6 Å². The second-order valence-corrected chi connectivity index (χ2v) is 7.13. The number of fused-ring (bicyclic) bond motifs is 1. The summed E-state index contributed by atoms with van der Waals surface area (Å²) in [6.07, 6.45) is 3.67. The van der Waals surface area contributed by atoms with Gasteiger partial charge in [-0.25, -0.2) is 9.55 Å². The first-order valence-electron chi connectivity index (χ1n) is 9.85. The number of hydrogen-bond donors (Lipinski definition) is 0. The van der Waals surface area contributed by atoms with Gasteiger partial charge in [-0.15, -0.1) is 5.10 Å². The van der Waals surface area contributed by atoms with Crippen LogP contribution in [-0.2, 0) is 0 Å². The maximum Gasteiger partial charge on any atom is 0.331 e. The predicted octanol–water partition coefficient (Wildman–Crippen LogP) is 4.91. The van der Waals surface area contributed by atoms with Crippen molar-refractivity contribution in [2.45, 2.75) is 6.92 Å². The Hall–Kier alpha value is -4.32. The first-order chi connectivity index (χ1) is 15.2. The van der Waals surface area contributed by atoms with E-state index in [9.17, 15) is 4.79 Å². The molecule has 150 valence electrons. The van der Waals surface area contributed by atoms with Gasteiger partial charge in [0.15, 0.2) is 0 Å². The highest BCUT2D eigenvalue weighted by Gasteiger charge is 2.17. The SMILES string of the molecule is Cc1ccc(-c2nnc(-n3c(/C=C/c4ccccc4)nc4ccccc4c3=O)o2)cc1. The van der Waals surface area contributed by atoms with Gasteiger partial charge in [0, 0.05) is 5.56 Å². The molecule has 5 aromatic rings. The third kappa shape index (κ3) is 3.67. The molecule has 0 aliphatic rings. The monoisotopic (exact) mass is 406 g/mol. The van der Waals surface area contributed by atoms with Crippen molar-refractivity contribution in [3.8, 4) is 17.5 Å². The van der Waals surface area contributed by atoms with Gasteiger partial charge < -0.3 is 4.42 Å². The number of aromatic nitrogens is 4. The summed E-state index contributed by atoms with van der Waals surface area (Å²) >= 11 is 0. The van der Waals surface area contributed by atoms with Crippen LogP contribution in [0.25, 0.3) is 40.5 Å². The van der Waals surface area contributed by atoms with Gasteiger partial charge in [0.2, 0.25) is 5.89 Å². The molecule has 3 aromatic carbocycles. The van der Waals surface area contributed by atoms with Crippen molar-refractivity contribution in [2.75, 3.05) is 0 Å². The zero-order valence-corrected chi connectivity index (χ0v) is 16.8. The fourth-order valence-electron chi connectivity index (χ4n) is 3.30. The fourth-order valence-corrected chi connectivity index (χ4v) is 3.30. The van der Waals surface area contributed by atoms with E-state index in [1.54, 1.807) is 18.2 Å². The number of aryl methyl sites for hydroxylation is 1. The predicted molar refractivity (Wildman–Crippen MR) is 121 cm³/mol. The van der Waals surface area contributed by atoms with Crippen LogP contribution in [0.2, 0.25) is 0 Å². The number of hydrogen-bond acceptors (Lipinski definition) is 5. The topological polar surface area (TPSA) is 73.8 Å². The molecular formula is C25H18N4O2. The van der Waals surface area contributed by atoms with Crippen LogP contribution in [0.4, 0.5) is 0 Å². The zero-order chi connectivity index (χ0) is 21.2. The normalized spacial score (nSPS) is 11.4. The molecule has 0 bridgehead atoms. The lowest BCUT2D eigenvalue weighted by Gasteiger charge is -2.07. The minimum absolute atomic E-state index is 0.0755. The van der Waals surface area contributed by atoms with Crippen molar-refractivity contribution in [3.63, 3.8) is 0 Å². The summed E-state index contributed by atoms with van der Waals surface area (Å²) in [5.41, 5.74) is 3.24. The van der Waals surface area contributed by atoms with E-state index in [-0.39, 0.29) is 11.6 Å². The maximum absolute atomic E-state index is 13.3. The van der Waals surface area contributed by atoms with Crippen LogP contribution in [0.1, 0.15) is 17.0 Å². The second-order valence-electron chi connectivity index (χ2n) is 7.13. The second kappa shape index (κ2) is 7.84. The Balaban J connectivity index is 1.67. The van der Waals surface area contributed by atoms with Crippen molar-refractivity contribution in [1.29, 1.82) is 0 Å². The molecule has 0 saturated carbocycles. The molecular weight excluding hydrogens is 388 g/mol. The molecule has 0 N–H and O–H groups in total. The third-order valence-corrected chi connectivity index (χ3v) is 4.93. The highest BCUT2D eigenvalue weighted by atomic mass is 16.4. The molecule has 0 fully saturated rings. The fraction of sp³-hybridized carbons (Fsp3) is 0.0400. The molecule has 0 atom stereocenters. The van der Waals surface area contributed by atoms with Gasteiger partial charge in [-0.05, 0) is 42.8 Å². The number of benzene rings is 3. The minimum Gasteiger partial charge on any atom is -0.403 e. The maximum atomic E-state index is 13.3. The Morgan fingerprint density at radius 2 is 1.58 bits per heavy atom. The molecule has 0 spiro atoms. The summed E-state index contributed by atoms with van der Waals surface area (Å²) in [5.74, 6) is 0.750. The van der Waals surface area contributed by atoms with E-state index in [4.69, 9.17) is 4.42 Å². The van der Waals surface area contributed by atoms with E-state index in [1.165, 1.54) is 4.57 Å². The van der Waals surface area contributed by atoms with Crippen LogP contribution in [-0.4, -0.2) is 19.7 Å². The lowest BCUT2D eigenvalue weighted by molar-refractivity contribution is 0.530. The number of nitrogens with zero attached hydrogens (tertiary/aromatic N) is 4. The van der Waals surface area contributed by atoms with E-state index in [1.807, 2.05) is 79.7 Å². The molecule has 2 heterocycles. The summed E-state index contributed by atoms with van der Waals surface area (Å²) in [7, 11) is 0. The Bertz CT molecular complexity index is 1450. The average Bonchev–Trinajstić information content (AvgIpc) is 3.28. The van der Waals surface area contributed by atoms with E-state index >= 15 is 0 Å². The minimum atomic E-state index is -0.266. The van der Waals surface area contributed by atoms with Gasteiger partial charge in [-0.1, -0.05) is 71.3 Å². The summed E-state index contributed by atoms with van der Waals surface area (Å²) in [6, 6.07) is 24.8. The first-order valence-corrected chi connectivity index (χ1v) is 9.85. The van der Waals surface area contributed by atoms with E-state index in [0.717, 1.165) is 16.7 Å². The van der Waals surface area contributed by atoms with Crippen LogP contribution in [0.3, 0.4) is 0 Å². The van der Waals surface area contributed by atoms with Gasteiger partial charge >= 0.3 is 6.01 Å².